The van der Waals surface area contributed by atoms with E-state index in [1.54, 1.807) is 12.1 Å². The number of hydrogen-bond donors (Lipinski definition) is 0. The van der Waals surface area contributed by atoms with Gasteiger partial charge < -0.3 is 0 Å². The van der Waals surface area contributed by atoms with Crippen LogP contribution < -0.4 is 0 Å². The summed E-state index contributed by atoms with van der Waals surface area (Å²) in [7, 11) is 0. The van der Waals surface area contributed by atoms with E-state index in [4.69, 9.17) is 11.6 Å². The van der Waals surface area contributed by atoms with Gasteiger partial charge in [0.25, 0.3) is 6.43 Å². The molecule has 0 aliphatic carbocycles. The maximum absolute atomic E-state index is 12.6. The third-order valence-electron chi connectivity index (χ3n) is 1.97. The molecule has 4 heteroatoms. The van der Waals surface area contributed by atoms with E-state index in [0.29, 0.717) is 15.9 Å². The SMILES string of the molecule is FC(F)c1ccnc2ccc(Cl)cc12. The molecule has 1 aromatic heterocycles. The molecule has 0 bridgehead atoms. The number of halogens is 3. The summed E-state index contributed by atoms with van der Waals surface area (Å²) in [5, 5.41) is 0.849. The summed E-state index contributed by atoms with van der Waals surface area (Å²) in [5.74, 6) is 0. The number of benzene rings is 1. The van der Waals surface area contributed by atoms with Gasteiger partial charge in [-0.3, -0.25) is 4.98 Å². The second-order valence-corrected chi connectivity index (χ2v) is 3.30. The van der Waals surface area contributed by atoms with Crippen molar-refractivity contribution in [1.29, 1.82) is 0 Å². The lowest BCUT2D eigenvalue weighted by Crippen LogP contribution is -1.88. The summed E-state index contributed by atoms with van der Waals surface area (Å²) in [6.45, 7) is 0. The second-order valence-electron chi connectivity index (χ2n) is 2.86. The van der Waals surface area contributed by atoms with Crippen LogP contribution in [0.25, 0.3) is 10.9 Å². The van der Waals surface area contributed by atoms with Gasteiger partial charge in [0.05, 0.1) is 5.52 Å². The first-order valence-electron chi connectivity index (χ1n) is 4.01. The Labute approximate surface area is 84.3 Å². The predicted octanol–water partition coefficient (Wildman–Crippen LogP) is 3.83. The van der Waals surface area contributed by atoms with E-state index < -0.39 is 6.43 Å². The fraction of sp³-hybridized carbons (Fsp3) is 0.100. The van der Waals surface area contributed by atoms with Gasteiger partial charge >= 0.3 is 0 Å². The highest BCUT2D eigenvalue weighted by atomic mass is 35.5. The van der Waals surface area contributed by atoms with E-state index in [9.17, 15) is 8.78 Å². The molecule has 0 spiro atoms. The smallest absolute Gasteiger partial charge is 0.256 e. The maximum atomic E-state index is 12.6. The Hall–Kier alpha value is -1.22. The van der Waals surface area contributed by atoms with Crippen molar-refractivity contribution < 1.29 is 8.78 Å². The normalized spacial score (nSPS) is 11.1. The van der Waals surface area contributed by atoms with Gasteiger partial charge in [-0.15, -0.1) is 0 Å². The van der Waals surface area contributed by atoms with Gasteiger partial charge in [0, 0.05) is 22.2 Å². The maximum Gasteiger partial charge on any atom is 0.264 e. The highest BCUT2D eigenvalue weighted by molar-refractivity contribution is 6.31. The number of hydrogen-bond acceptors (Lipinski definition) is 1. The third kappa shape index (κ3) is 1.55. The molecule has 1 heterocycles. The highest BCUT2D eigenvalue weighted by Gasteiger charge is 2.11. The van der Waals surface area contributed by atoms with Gasteiger partial charge in [0.15, 0.2) is 0 Å². The zero-order chi connectivity index (χ0) is 10.1. The fourth-order valence-corrected chi connectivity index (χ4v) is 1.50. The van der Waals surface area contributed by atoms with Crippen molar-refractivity contribution in [3.8, 4) is 0 Å². The molecule has 0 saturated carbocycles. The van der Waals surface area contributed by atoms with Crippen molar-refractivity contribution in [2.75, 3.05) is 0 Å². The molecular formula is C10H6ClF2N. The molecule has 2 rings (SSSR count). The van der Waals surface area contributed by atoms with Gasteiger partial charge in [-0.25, -0.2) is 8.78 Å². The predicted molar refractivity (Wildman–Crippen MR) is 51.7 cm³/mol. The van der Waals surface area contributed by atoms with E-state index in [2.05, 4.69) is 4.98 Å². The first kappa shape index (κ1) is 9.34. The zero-order valence-corrected chi connectivity index (χ0v) is 7.80. The van der Waals surface area contributed by atoms with Gasteiger partial charge in [0.2, 0.25) is 0 Å². The fourth-order valence-electron chi connectivity index (χ4n) is 1.33. The van der Waals surface area contributed by atoms with Crippen LogP contribution in [0.1, 0.15) is 12.0 Å². The standard InChI is InChI=1S/C10H6ClF2N/c11-6-1-2-9-8(5-6)7(10(12)13)3-4-14-9/h1-5,10H. The summed E-state index contributed by atoms with van der Waals surface area (Å²) in [6, 6.07) is 6.07. The Kier molecular flexibility index (Phi) is 2.33. The summed E-state index contributed by atoms with van der Waals surface area (Å²) in [4.78, 5) is 3.97. The summed E-state index contributed by atoms with van der Waals surface area (Å²) >= 11 is 5.72. The lowest BCUT2D eigenvalue weighted by atomic mass is 10.1. The number of rotatable bonds is 1. The van der Waals surface area contributed by atoms with E-state index >= 15 is 0 Å². The van der Waals surface area contributed by atoms with Crippen molar-refractivity contribution in [1.82, 2.24) is 4.98 Å². The summed E-state index contributed by atoms with van der Waals surface area (Å²) in [5.41, 5.74) is 0.504. The van der Waals surface area contributed by atoms with Gasteiger partial charge in [-0.1, -0.05) is 11.6 Å². The molecule has 0 radical (unpaired) electrons. The molecule has 0 aliphatic heterocycles. The molecule has 0 amide bonds. The topological polar surface area (TPSA) is 12.9 Å². The Morgan fingerprint density at radius 2 is 2.00 bits per heavy atom. The number of nitrogens with zero attached hydrogens (tertiary/aromatic N) is 1. The minimum atomic E-state index is -2.50. The molecule has 0 saturated heterocycles. The van der Waals surface area contributed by atoms with Crippen LogP contribution in [0.2, 0.25) is 5.02 Å². The molecule has 1 aromatic carbocycles. The van der Waals surface area contributed by atoms with Crippen molar-refractivity contribution >= 4 is 22.5 Å². The molecule has 0 N–H and O–H groups in total. The second kappa shape index (κ2) is 3.50. The van der Waals surface area contributed by atoms with Gasteiger partial charge in [-0.05, 0) is 24.3 Å². The van der Waals surface area contributed by atoms with Crippen LogP contribution in [-0.2, 0) is 0 Å². The van der Waals surface area contributed by atoms with Crippen LogP contribution in [0.5, 0.6) is 0 Å². The Morgan fingerprint density at radius 3 is 2.71 bits per heavy atom. The first-order valence-corrected chi connectivity index (χ1v) is 4.38. The third-order valence-corrected chi connectivity index (χ3v) is 2.21. The van der Waals surface area contributed by atoms with Crippen LogP contribution >= 0.6 is 11.6 Å². The lowest BCUT2D eigenvalue weighted by molar-refractivity contribution is 0.153. The average molecular weight is 214 g/mol. The summed E-state index contributed by atoms with van der Waals surface area (Å²) < 4.78 is 25.1. The number of pyridine rings is 1. The average Bonchev–Trinajstić information content (AvgIpc) is 2.16. The number of aromatic nitrogens is 1. The molecule has 14 heavy (non-hydrogen) atoms. The van der Waals surface area contributed by atoms with Crippen molar-refractivity contribution in [2.24, 2.45) is 0 Å². The number of alkyl halides is 2. The quantitative estimate of drug-likeness (QED) is 0.702. The minimum absolute atomic E-state index is 0.0301. The van der Waals surface area contributed by atoms with E-state index in [0.717, 1.165) is 0 Å². The van der Waals surface area contributed by atoms with Crippen molar-refractivity contribution in [3.05, 3.63) is 41.0 Å². The Balaban J connectivity index is 2.77. The largest absolute Gasteiger partial charge is 0.264 e. The molecule has 0 aliphatic rings. The molecule has 0 fully saturated rings. The van der Waals surface area contributed by atoms with Crippen molar-refractivity contribution in [3.63, 3.8) is 0 Å². The van der Waals surface area contributed by atoms with Gasteiger partial charge in [-0.2, -0.15) is 0 Å². The number of fused-ring (bicyclic) bond motifs is 1. The zero-order valence-electron chi connectivity index (χ0n) is 7.05. The van der Waals surface area contributed by atoms with Crippen LogP contribution in [0.3, 0.4) is 0 Å². The van der Waals surface area contributed by atoms with Crippen LogP contribution in [-0.4, -0.2) is 4.98 Å². The molecule has 0 unspecified atom stereocenters. The molecule has 0 atom stereocenters. The monoisotopic (exact) mass is 213 g/mol. The first-order chi connectivity index (χ1) is 6.68. The van der Waals surface area contributed by atoms with Gasteiger partial charge in [0.1, 0.15) is 0 Å². The molecule has 72 valence electrons. The molecule has 2 aromatic rings. The Morgan fingerprint density at radius 1 is 1.21 bits per heavy atom. The Bertz CT molecular complexity index is 471. The van der Waals surface area contributed by atoms with E-state index in [1.165, 1.54) is 18.3 Å². The van der Waals surface area contributed by atoms with Crippen LogP contribution in [0.15, 0.2) is 30.5 Å². The van der Waals surface area contributed by atoms with E-state index in [1.807, 2.05) is 0 Å². The molecule has 1 nitrogen and oxygen atoms in total. The molecular weight excluding hydrogens is 208 g/mol. The van der Waals surface area contributed by atoms with Crippen LogP contribution in [0, 0.1) is 0 Å². The minimum Gasteiger partial charge on any atom is -0.256 e. The van der Waals surface area contributed by atoms with Crippen molar-refractivity contribution in [2.45, 2.75) is 6.43 Å². The van der Waals surface area contributed by atoms with Crippen LogP contribution in [0.4, 0.5) is 8.78 Å². The summed E-state index contributed by atoms with van der Waals surface area (Å²) in [6.07, 6.45) is -1.13. The lowest BCUT2D eigenvalue weighted by Gasteiger charge is -2.04. The van der Waals surface area contributed by atoms with E-state index in [-0.39, 0.29) is 5.56 Å². The highest BCUT2D eigenvalue weighted by Crippen LogP contribution is 2.28.